The maximum atomic E-state index is 14.1. The number of likely N-dealkylation sites (tertiary alicyclic amines) is 2. The first kappa shape index (κ1) is 106. The first-order valence-corrected chi connectivity index (χ1v) is 56.7. The zero-order chi connectivity index (χ0) is 104. The van der Waals surface area contributed by atoms with Crippen LogP contribution in [-0.4, -0.2) is 261 Å². The molecule has 0 aromatic carbocycles. The predicted molar refractivity (Wildman–Crippen MR) is 560 cm³/mol. The van der Waals surface area contributed by atoms with E-state index < -0.39 is 69.9 Å². The van der Waals surface area contributed by atoms with Crippen LogP contribution in [0.25, 0.3) is 41.8 Å². The van der Waals surface area contributed by atoms with Gasteiger partial charge in [0.2, 0.25) is 0 Å². The van der Waals surface area contributed by atoms with Crippen LogP contribution in [0, 0.1) is 27.7 Å². The summed E-state index contributed by atoms with van der Waals surface area (Å²) >= 11 is 4.69. The third-order valence-corrected chi connectivity index (χ3v) is 38.3. The number of thiazole rings is 4. The Hall–Kier alpha value is -10.2. The molecule has 8 amide bonds. The van der Waals surface area contributed by atoms with Gasteiger partial charge >= 0.3 is 0 Å². The maximum Gasteiger partial charge on any atom is 0.280 e. The second kappa shape index (κ2) is 41.7. The fraction of sp³-hybridized carbons (Fsp3) is 0.619. The SMILES string of the molecule is Cc1cc(NC2(C)CCC2)ncc1-c1sc(C(=O)NC2CC(O)C2)nc1C(=O)N1C2CCC1CC2.Cc1cc(NC2(C)CCC2)ncc1-c1sc(C(=O)NC2CCS(=O)(=O)CC2)nc1C(=O)N1CCC[C@@H]1C.Cc1cc(NC2(C)CCC2)ncc1-c1sc(C(=O)N[C@H](C)C(C)(C)O)nc1C(=O)N1C2CCC1CC2.Cc1cc(NC2(C)CCC2)ncc1-c1sc(C(=O)N[C@H](C)C(C)(C)O)nc1C(=O)N1CC(F)(F)C[C@@H]1C. The van der Waals surface area contributed by atoms with Gasteiger partial charge in [-0.2, -0.15) is 0 Å². The van der Waals surface area contributed by atoms with Gasteiger partial charge in [-0.25, -0.2) is 57.1 Å². The summed E-state index contributed by atoms with van der Waals surface area (Å²) in [7, 11) is -3.03. The molecule has 8 aromatic heterocycles. The minimum absolute atomic E-state index is 0.00608. The van der Waals surface area contributed by atoms with Crippen LogP contribution < -0.4 is 42.5 Å². The highest BCUT2D eigenvalue weighted by Gasteiger charge is 2.50. The number of amides is 8. The molecule has 40 heteroatoms. The summed E-state index contributed by atoms with van der Waals surface area (Å²) in [5, 5.41) is 56.3. The van der Waals surface area contributed by atoms with E-state index in [1.165, 1.54) is 53.3 Å². The molecular weight excluding hydrogens is 1950 g/mol. The van der Waals surface area contributed by atoms with E-state index in [0.29, 0.717) is 79.5 Å². The molecule has 7 aliphatic heterocycles. The standard InChI is InChI=1S/C27H37N5O3S.C26H35F2N5O3S.C26H35N5O4S2.C26H33N5O3S/c1-15-13-20(31-27(5)11-6-12-27)28-14-19(15)22-21(25(34)32-17-7-8-18(32)10-9-17)30-24(36-22)23(33)29-16(2)26(3,4)35;1-14-10-18(32-25(6)8-7-9-25)29-12-17(14)20-19(23(35)33-13-26(27,28)11-15(33)2)31-22(37-20)21(34)30-16(3)24(4,5)36;1-16-14-20(30-26(3)9-5-10-26)27-15-19(16)22-21(25(33)31-11-4-6-17(31)2)29-24(36-22)23(32)28-18-7-12-37(34,35)13-8-18;1-14-10-20(30-26(2)8-3-9-26)27-13-19(14)22-21(25(34)31-16-4-5-17(31)7-6-16)29-24(35-22)23(33)28-15-11-18(32)12-15/h13-14,16-18,35H,6-12H2,1-5H3,(H,28,31)(H,29,33);10,12,15-16,36H,7-9,11,13H2,1-6H3,(H,29,32)(H,30,34);14-15,17-18H,4-13H2,1-3H3,(H,27,30)(H,28,32);10,13,15-18,32H,3-9,11-12H2,1-2H3,(H,27,30)(H,28,33)/t16-,17?,18?;15-,16+;17-;/m100./s1. The molecule has 5 saturated carbocycles. The second-order valence-corrected chi connectivity index (χ2v) is 51.4. The Kier molecular flexibility index (Phi) is 30.5. The summed E-state index contributed by atoms with van der Waals surface area (Å²) in [6.07, 6.45) is 32.1. The van der Waals surface area contributed by atoms with E-state index in [4.69, 9.17) is 0 Å². The Morgan fingerprint density at radius 3 is 0.986 bits per heavy atom. The van der Waals surface area contributed by atoms with E-state index in [-0.39, 0.29) is 144 Å². The number of aliphatic hydroxyl groups is 3. The highest BCUT2D eigenvalue weighted by molar-refractivity contribution is 7.91. The number of hydrogen-bond donors (Lipinski definition) is 11. The monoisotopic (exact) mass is 2090 g/mol. The first-order valence-electron chi connectivity index (χ1n) is 51.6. The molecule has 5 aliphatic carbocycles. The molecule has 4 bridgehead atoms. The van der Waals surface area contributed by atoms with Crippen molar-refractivity contribution in [2.45, 2.75) is 390 Å². The molecule has 0 radical (unpaired) electrons. The number of fused-ring (bicyclic) bond motifs is 4. The van der Waals surface area contributed by atoms with Crippen LogP contribution >= 0.6 is 45.3 Å². The summed E-state index contributed by atoms with van der Waals surface area (Å²) in [6.45, 7) is 30.1. The Balaban J connectivity index is 0.000000132. The van der Waals surface area contributed by atoms with Gasteiger partial charge in [0, 0.05) is 130 Å². The van der Waals surface area contributed by atoms with E-state index in [0.717, 1.165) is 195 Å². The van der Waals surface area contributed by atoms with Gasteiger partial charge in [-0.15, -0.1) is 45.3 Å². The van der Waals surface area contributed by atoms with Crippen LogP contribution in [0.4, 0.5) is 32.1 Å². The number of aryl methyl sites for hydroxylation is 4. The number of sulfone groups is 1. The lowest BCUT2D eigenvalue weighted by molar-refractivity contribution is 0.0117. The zero-order valence-electron chi connectivity index (χ0n) is 86.0. The fourth-order valence-electron chi connectivity index (χ4n) is 21.6. The minimum atomic E-state index is -3.03. The van der Waals surface area contributed by atoms with Crippen LogP contribution in [0.1, 0.15) is 360 Å². The third kappa shape index (κ3) is 23.6. The largest absolute Gasteiger partial charge is 0.393 e. The summed E-state index contributed by atoms with van der Waals surface area (Å²) in [6, 6.07) is 7.14. The van der Waals surface area contributed by atoms with Crippen molar-refractivity contribution < 1.29 is 70.9 Å². The fourth-order valence-corrected chi connectivity index (χ4v) is 27.3. The topological polar surface area (TPSA) is 444 Å². The molecule has 11 N–H and O–H groups in total. The highest BCUT2D eigenvalue weighted by atomic mass is 32.2. The van der Waals surface area contributed by atoms with Crippen molar-refractivity contribution in [3.8, 4) is 41.8 Å². The quantitative estimate of drug-likeness (QED) is 0.0240. The molecule has 15 heterocycles. The van der Waals surface area contributed by atoms with Crippen LogP contribution in [0.3, 0.4) is 0 Å². The van der Waals surface area contributed by atoms with Crippen molar-refractivity contribution in [2.24, 2.45) is 0 Å². The molecule has 0 spiro atoms. The lowest BCUT2D eigenvalue weighted by Gasteiger charge is -2.39. The predicted octanol–water partition coefficient (Wildman–Crippen LogP) is 16.8. The van der Waals surface area contributed by atoms with Crippen molar-refractivity contribution in [2.75, 3.05) is 45.9 Å². The molecule has 12 fully saturated rings. The number of aliphatic hydroxyl groups excluding tert-OH is 1. The number of nitrogens with zero attached hydrogens (tertiary/aromatic N) is 12. The number of nitrogens with one attached hydrogen (secondary N) is 8. The average molecular weight is 2090 g/mol. The highest BCUT2D eigenvalue weighted by Crippen LogP contribution is 2.48. The van der Waals surface area contributed by atoms with Crippen LogP contribution in [0.5, 0.6) is 0 Å². The van der Waals surface area contributed by atoms with Gasteiger partial charge in [0.15, 0.2) is 20.0 Å². The number of carbonyl (C=O) groups is 8. The number of aromatic nitrogens is 8. The first-order chi connectivity index (χ1) is 68.4. The normalized spacial score (nSPS) is 23.9. The molecule has 145 heavy (non-hydrogen) atoms. The van der Waals surface area contributed by atoms with Gasteiger partial charge in [0.05, 0.1) is 66.9 Å². The molecule has 8 aromatic rings. The van der Waals surface area contributed by atoms with E-state index in [1.807, 2.05) is 79.8 Å². The number of pyridine rings is 4. The Bertz CT molecular complexity index is 6330. The van der Waals surface area contributed by atoms with Gasteiger partial charge in [-0.05, 0) is 324 Å². The number of hydrogen-bond acceptors (Lipinski definition) is 29. The molecule has 782 valence electrons. The van der Waals surface area contributed by atoms with Crippen LogP contribution in [0.2, 0.25) is 0 Å². The molecule has 33 nitrogen and oxygen atoms in total. The van der Waals surface area contributed by atoms with Gasteiger partial charge in [-0.3, -0.25) is 38.4 Å². The third-order valence-electron chi connectivity index (χ3n) is 32.2. The zero-order valence-corrected chi connectivity index (χ0v) is 90.1. The number of carbonyl (C=O) groups excluding carboxylic acids is 8. The average Bonchev–Trinajstić information content (AvgIpc) is 1.63. The maximum absolute atomic E-state index is 14.1. The smallest absolute Gasteiger partial charge is 0.280 e. The van der Waals surface area contributed by atoms with Crippen molar-refractivity contribution in [1.82, 2.24) is 80.7 Å². The molecule has 7 saturated heterocycles. The summed E-state index contributed by atoms with van der Waals surface area (Å²) in [5.41, 5.74) is 5.76. The number of alkyl halides is 2. The van der Waals surface area contributed by atoms with Crippen molar-refractivity contribution >= 4 is 126 Å². The van der Waals surface area contributed by atoms with Gasteiger partial charge in [-0.1, -0.05) is 0 Å². The lowest BCUT2D eigenvalue weighted by Crippen LogP contribution is -2.47. The van der Waals surface area contributed by atoms with E-state index >= 15 is 0 Å². The summed E-state index contributed by atoms with van der Waals surface area (Å²) in [4.78, 5) is 153. The van der Waals surface area contributed by atoms with Crippen LogP contribution in [0.15, 0.2) is 49.1 Å². The second-order valence-electron chi connectivity index (χ2n) is 45.1. The molecular formula is C105H140F2N20O13S5. The minimum Gasteiger partial charge on any atom is -0.393 e. The number of halogens is 2. The molecule has 20 rings (SSSR count). The van der Waals surface area contributed by atoms with Crippen molar-refractivity contribution in [3.05, 3.63) is 114 Å². The Morgan fingerprint density at radius 2 is 0.724 bits per heavy atom. The van der Waals surface area contributed by atoms with Gasteiger partial charge < -0.3 is 77.5 Å². The molecule has 4 atom stereocenters. The van der Waals surface area contributed by atoms with E-state index in [9.17, 15) is 70.9 Å². The van der Waals surface area contributed by atoms with Gasteiger partial charge in [0.1, 0.15) is 55.9 Å². The summed E-state index contributed by atoms with van der Waals surface area (Å²) in [5.74, 6) is -2.21. The summed E-state index contributed by atoms with van der Waals surface area (Å²) < 4.78 is 51.7. The number of rotatable bonds is 26. The van der Waals surface area contributed by atoms with Crippen LogP contribution in [-0.2, 0) is 9.84 Å². The lowest BCUT2D eigenvalue weighted by atomic mass is 9.78. The van der Waals surface area contributed by atoms with E-state index in [1.54, 1.807) is 67.1 Å². The Labute approximate surface area is 863 Å². The van der Waals surface area contributed by atoms with E-state index in [2.05, 4.69) is 110 Å². The Morgan fingerprint density at radius 1 is 0.428 bits per heavy atom. The molecule has 0 unspecified atom stereocenters. The molecule has 12 aliphatic rings. The number of anilines is 4. The van der Waals surface area contributed by atoms with Crippen molar-refractivity contribution in [1.29, 1.82) is 0 Å². The van der Waals surface area contributed by atoms with Crippen molar-refractivity contribution in [3.63, 3.8) is 0 Å². The van der Waals surface area contributed by atoms with Gasteiger partial charge in [0.25, 0.3) is 53.2 Å².